The highest BCUT2D eigenvalue weighted by Crippen LogP contribution is 2.36. The van der Waals surface area contributed by atoms with Gasteiger partial charge in [-0.3, -0.25) is 4.79 Å². The lowest BCUT2D eigenvalue weighted by atomic mass is 10.1. The molecular weight excluding hydrogens is 458 g/mol. The Balaban J connectivity index is 2.73. The monoisotopic (exact) mass is 474 g/mol. The summed E-state index contributed by atoms with van der Waals surface area (Å²) in [4.78, 5) is 27.2. The average Bonchev–Trinajstić information content (AvgIpc) is 2.62. The molecule has 0 saturated heterocycles. The highest BCUT2D eigenvalue weighted by Gasteiger charge is 2.23. The molecule has 0 atom stereocenters. The number of carbonyl (C=O) groups excluding carboxylic acids is 2. The number of rotatable bonds is 5. The van der Waals surface area contributed by atoms with Gasteiger partial charge in [-0.05, 0) is 12.1 Å². The summed E-state index contributed by atoms with van der Waals surface area (Å²) in [5, 5.41) is 12.5. The van der Waals surface area contributed by atoms with Crippen LogP contribution in [0.2, 0.25) is 0 Å². The molecule has 7 nitrogen and oxygen atoms in total. The Morgan fingerprint density at radius 3 is 2.58 bits per heavy atom. The van der Waals surface area contributed by atoms with Gasteiger partial charge in [0, 0.05) is 22.5 Å². The van der Waals surface area contributed by atoms with Crippen molar-refractivity contribution in [1.82, 2.24) is 4.98 Å². The van der Waals surface area contributed by atoms with Crippen LogP contribution in [0.25, 0.3) is 11.3 Å². The molecule has 1 heterocycles. The maximum Gasteiger partial charge on any atom is 0.360 e. The number of esters is 1. The number of pyridine rings is 1. The van der Waals surface area contributed by atoms with E-state index < -0.39 is 29.1 Å². The molecule has 138 valence electrons. The molecule has 0 spiro atoms. The van der Waals surface area contributed by atoms with Crippen LogP contribution >= 0.6 is 22.6 Å². The summed E-state index contributed by atoms with van der Waals surface area (Å²) < 4.78 is 25.1. The van der Waals surface area contributed by atoms with Crippen LogP contribution in [0.1, 0.15) is 23.0 Å². The molecule has 0 radical (unpaired) electrons. The molecule has 1 amide bonds. The Morgan fingerprint density at radius 2 is 2.04 bits per heavy atom. The Hall–Kier alpha value is -2.43. The average molecular weight is 474 g/mol. The van der Waals surface area contributed by atoms with Crippen LogP contribution in [0.15, 0.2) is 18.2 Å². The van der Waals surface area contributed by atoms with E-state index in [2.05, 4.69) is 37.6 Å². The second kappa shape index (κ2) is 8.30. The van der Waals surface area contributed by atoms with Gasteiger partial charge >= 0.3 is 5.97 Å². The summed E-state index contributed by atoms with van der Waals surface area (Å²) in [6, 6.07) is 4.43. The van der Waals surface area contributed by atoms with Crippen LogP contribution in [0.5, 0.6) is 11.5 Å². The Bertz CT molecular complexity index is 873. The topological polar surface area (TPSA) is 97.8 Å². The number of aromatic nitrogens is 1. The van der Waals surface area contributed by atoms with E-state index in [1.165, 1.54) is 26.2 Å². The third-order valence-electron chi connectivity index (χ3n) is 3.48. The molecule has 26 heavy (non-hydrogen) atoms. The van der Waals surface area contributed by atoms with Crippen molar-refractivity contribution >= 4 is 40.2 Å². The Morgan fingerprint density at radius 1 is 1.35 bits per heavy atom. The first-order chi connectivity index (χ1) is 12.3. The molecule has 0 saturated carbocycles. The normalized spacial score (nSPS) is 10.3. The number of carbonyl (C=O) groups is 2. The van der Waals surface area contributed by atoms with Gasteiger partial charge in [0.15, 0.2) is 23.0 Å². The van der Waals surface area contributed by atoms with E-state index in [4.69, 9.17) is 4.74 Å². The minimum Gasteiger partial charge on any atom is -0.504 e. The van der Waals surface area contributed by atoms with E-state index in [-0.39, 0.29) is 22.7 Å². The summed E-state index contributed by atoms with van der Waals surface area (Å²) >= 11 is 2.08. The Kier molecular flexibility index (Phi) is 6.35. The first-order valence-corrected chi connectivity index (χ1v) is 8.88. The van der Waals surface area contributed by atoms with E-state index >= 15 is 0 Å². The number of alkyl halides is 1. The lowest BCUT2D eigenvalue weighted by Gasteiger charge is -2.14. The van der Waals surface area contributed by atoms with Crippen LogP contribution in [0, 0.1) is 5.82 Å². The summed E-state index contributed by atoms with van der Waals surface area (Å²) in [5.41, 5.74) is 0.211. The van der Waals surface area contributed by atoms with Crippen molar-refractivity contribution in [3.63, 3.8) is 0 Å². The number of nitrogens with zero attached hydrogens (tertiary/aromatic N) is 1. The fraction of sp³-hybridized carbons (Fsp3) is 0.235. The van der Waals surface area contributed by atoms with Gasteiger partial charge in [-0.15, -0.1) is 0 Å². The molecule has 9 heteroatoms. The van der Waals surface area contributed by atoms with Crippen LogP contribution in [0.4, 0.5) is 10.1 Å². The molecule has 1 aromatic carbocycles. The smallest absolute Gasteiger partial charge is 0.360 e. The molecule has 2 N–H and O–H groups in total. The van der Waals surface area contributed by atoms with E-state index in [1.54, 1.807) is 6.07 Å². The molecular formula is C17H16FIN2O5. The summed E-state index contributed by atoms with van der Waals surface area (Å²) in [5.74, 6) is -2.57. The van der Waals surface area contributed by atoms with Gasteiger partial charge in [-0.25, -0.2) is 14.2 Å². The van der Waals surface area contributed by atoms with Crippen LogP contribution in [-0.4, -0.2) is 36.2 Å². The predicted molar refractivity (Wildman–Crippen MR) is 101 cm³/mol. The molecule has 0 bridgehead atoms. The number of benzene rings is 1. The van der Waals surface area contributed by atoms with Gasteiger partial charge < -0.3 is 19.9 Å². The third-order valence-corrected chi connectivity index (χ3v) is 4.31. The van der Waals surface area contributed by atoms with Crippen molar-refractivity contribution in [2.45, 2.75) is 11.4 Å². The fourth-order valence-corrected chi connectivity index (χ4v) is 2.92. The second-order valence-corrected chi connectivity index (χ2v) is 5.94. The number of anilines is 1. The number of ether oxygens (including phenoxy) is 2. The van der Waals surface area contributed by atoms with Crippen molar-refractivity contribution < 1.29 is 28.6 Å². The third kappa shape index (κ3) is 3.87. The maximum absolute atomic E-state index is 14.9. The van der Waals surface area contributed by atoms with Crippen molar-refractivity contribution in [2.75, 3.05) is 19.5 Å². The quantitative estimate of drug-likeness (QED) is 0.392. The highest BCUT2D eigenvalue weighted by atomic mass is 127. The van der Waals surface area contributed by atoms with Gasteiger partial charge in [-0.2, -0.15) is 0 Å². The SMILES string of the molecule is COC(=O)c1nc(-c2ccc(CI)c(OC)c2F)cc(NC(C)=O)c1O. The zero-order chi connectivity index (χ0) is 19.4. The van der Waals surface area contributed by atoms with Gasteiger partial charge in [0.25, 0.3) is 0 Å². The number of methoxy groups -OCH3 is 2. The van der Waals surface area contributed by atoms with Gasteiger partial charge in [0.2, 0.25) is 5.91 Å². The van der Waals surface area contributed by atoms with E-state index in [9.17, 15) is 19.1 Å². The molecule has 0 fully saturated rings. The molecule has 0 aliphatic rings. The number of hydrogen-bond acceptors (Lipinski definition) is 6. The van der Waals surface area contributed by atoms with Crippen LogP contribution < -0.4 is 10.1 Å². The minimum absolute atomic E-state index is 0.0303. The van der Waals surface area contributed by atoms with E-state index in [0.717, 1.165) is 7.11 Å². The number of nitrogens with one attached hydrogen (secondary N) is 1. The molecule has 2 aromatic rings. The van der Waals surface area contributed by atoms with Crippen LogP contribution in [0.3, 0.4) is 0 Å². The maximum atomic E-state index is 14.9. The van der Waals surface area contributed by atoms with Gasteiger partial charge in [0.1, 0.15) is 0 Å². The molecule has 2 rings (SSSR count). The van der Waals surface area contributed by atoms with Gasteiger partial charge in [0.05, 0.1) is 25.6 Å². The van der Waals surface area contributed by atoms with Crippen molar-refractivity contribution in [1.29, 1.82) is 0 Å². The van der Waals surface area contributed by atoms with Crippen molar-refractivity contribution in [3.05, 3.63) is 35.3 Å². The Labute approximate surface area is 162 Å². The van der Waals surface area contributed by atoms with Crippen LogP contribution in [-0.2, 0) is 14.0 Å². The zero-order valence-electron chi connectivity index (χ0n) is 14.2. The lowest BCUT2D eigenvalue weighted by molar-refractivity contribution is -0.114. The first-order valence-electron chi connectivity index (χ1n) is 7.35. The molecule has 0 aliphatic carbocycles. The summed E-state index contributed by atoms with van der Waals surface area (Å²) in [6.07, 6.45) is 0. The standard InChI is InChI=1S/C17H16FIN2O5/c1-8(22)20-12-6-11(21-14(15(12)23)17(24)26-3)10-5-4-9(7-19)16(25-2)13(10)18/h4-6,23H,7H2,1-3H3,(H,20,21,22). The highest BCUT2D eigenvalue weighted by molar-refractivity contribution is 14.1. The van der Waals surface area contributed by atoms with E-state index in [0.29, 0.717) is 9.99 Å². The molecule has 0 unspecified atom stereocenters. The lowest BCUT2D eigenvalue weighted by Crippen LogP contribution is -2.11. The van der Waals surface area contributed by atoms with E-state index in [1.807, 2.05) is 0 Å². The summed E-state index contributed by atoms with van der Waals surface area (Å²) in [7, 11) is 2.47. The second-order valence-electron chi connectivity index (χ2n) is 5.18. The fourth-order valence-electron chi connectivity index (χ4n) is 2.32. The number of halogens is 2. The summed E-state index contributed by atoms with van der Waals surface area (Å²) in [6.45, 7) is 1.23. The predicted octanol–water partition coefficient (Wildman–Crippen LogP) is 3.28. The molecule has 0 aliphatic heterocycles. The number of hydrogen-bond donors (Lipinski definition) is 2. The molecule has 1 aromatic heterocycles. The van der Waals surface area contributed by atoms with Crippen molar-refractivity contribution in [3.8, 4) is 22.8 Å². The zero-order valence-corrected chi connectivity index (χ0v) is 16.4. The first kappa shape index (κ1) is 19.9. The largest absolute Gasteiger partial charge is 0.504 e. The van der Waals surface area contributed by atoms with Gasteiger partial charge in [-0.1, -0.05) is 28.7 Å². The van der Waals surface area contributed by atoms with Crippen molar-refractivity contribution in [2.24, 2.45) is 0 Å². The number of amides is 1. The number of aromatic hydroxyl groups is 1. The minimum atomic E-state index is -0.924.